The Hall–Kier alpha value is -4.94. The number of hydrogen-bond acceptors (Lipinski definition) is 8. The number of carbonyl (C=O) groups excluding carboxylic acids is 4. The molecule has 0 aliphatic carbocycles. The van der Waals surface area contributed by atoms with Crippen LogP contribution in [0.5, 0.6) is 5.75 Å². The number of benzene rings is 2. The molecule has 0 spiro atoms. The average molecular weight is 642 g/mol. The lowest BCUT2D eigenvalue weighted by Gasteiger charge is -2.25. The van der Waals surface area contributed by atoms with Crippen LogP contribution in [0, 0.1) is 10.1 Å². The van der Waals surface area contributed by atoms with Crippen molar-refractivity contribution in [1.29, 1.82) is 0 Å². The van der Waals surface area contributed by atoms with E-state index in [9.17, 15) is 45.5 Å². The van der Waals surface area contributed by atoms with Gasteiger partial charge in [0.15, 0.2) is 24.4 Å². The number of hydroxylamine groups is 1. The Morgan fingerprint density at radius 1 is 0.795 bits per heavy atom. The van der Waals surface area contributed by atoms with Crippen molar-refractivity contribution in [3.05, 3.63) is 63.7 Å². The number of hydrogen-bond donors (Lipinski definition) is 1. The number of nitrogens with zero attached hydrogens (tertiary/aromatic N) is 4. The van der Waals surface area contributed by atoms with Gasteiger partial charge in [0.05, 0.1) is 11.4 Å². The summed E-state index contributed by atoms with van der Waals surface area (Å²) in [5.74, 6) is -1.29. The molecule has 4 amide bonds. The second-order valence-corrected chi connectivity index (χ2v) is 8.69. The number of nitro groups is 1. The molecule has 13 nitrogen and oxygen atoms in total. The first-order valence-electron chi connectivity index (χ1n) is 11.8. The Bertz CT molecular complexity index is 1310. The van der Waals surface area contributed by atoms with Crippen LogP contribution < -0.4 is 15.1 Å². The number of ether oxygens (including phenoxy) is 1. The van der Waals surface area contributed by atoms with E-state index in [1.807, 2.05) is 0 Å². The zero-order valence-electron chi connectivity index (χ0n) is 24.4. The molecular weight excluding hydrogens is 612 g/mol. The van der Waals surface area contributed by atoms with Crippen molar-refractivity contribution < 1.29 is 60.0 Å². The highest BCUT2D eigenvalue weighted by Gasteiger charge is 2.37. The van der Waals surface area contributed by atoms with Crippen LogP contribution in [0.2, 0.25) is 0 Å². The van der Waals surface area contributed by atoms with Crippen LogP contribution >= 0.6 is 0 Å². The molecule has 2 aromatic rings. The first-order valence-corrected chi connectivity index (χ1v) is 11.8. The van der Waals surface area contributed by atoms with E-state index in [4.69, 9.17) is 10.1 Å². The highest BCUT2D eigenvalue weighted by molar-refractivity contribution is 5.97. The van der Waals surface area contributed by atoms with Crippen molar-refractivity contribution in [2.75, 3.05) is 45.6 Å². The Morgan fingerprint density at radius 3 is 1.61 bits per heavy atom. The number of carbonyl (C=O) groups is 4. The SMILES string of the molecule is CC(=O)c1ccc(N(OC(F)(F)F)C(=O)N(C)C)cc1.CC(=O)c1ccc(NC(=O)N(C)C)c(OC(F)(F)F)c1.C[N+](=O)[O-]. The van der Waals surface area contributed by atoms with Crippen molar-refractivity contribution in [1.82, 2.24) is 9.80 Å². The molecule has 0 unspecified atom stereocenters. The quantitative estimate of drug-likeness (QED) is 0.185. The lowest BCUT2D eigenvalue weighted by molar-refractivity contribution is -0.445. The van der Waals surface area contributed by atoms with Crippen molar-refractivity contribution in [2.24, 2.45) is 0 Å². The topological polar surface area (TPSA) is 152 Å². The van der Waals surface area contributed by atoms with Gasteiger partial charge in [-0.2, -0.15) is 9.90 Å². The van der Waals surface area contributed by atoms with Crippen molar-refractivity contribution in [3.63, 3.8) is 0 Å². The summed E-state index contributed by atoms with van der Waals surface area (Å²) in [4.78, 5) is 59.5. The monoisotopic (exact) mass is 641 g/mol. The summed E-state index contributed by atoms with van der Waals surface area (Å²) in [6, 6.07) is 6.82. The number of anilines is 2. The summed E-state index contributed by atoms with van der Waals surface area (Å²) in [5, 5.41) is 11.2. The highest BCUT2D eigenvalue weighted by Crippen LogP contribution is 2.32. The first-order chi connectivity index (χ1) is 19.9. The van der Waals surface area contributed by atoms with Crippen molar-refractivity contribution in [2.45, 2.75) is 26.6 Å². The molecule has 0 saturated heterocycles. The number of alkyl halides is 6. The van der Waals surface area contributed by atoms with Crippen LogP contribution in [0.3, 0.4) is 0 Å². The molecule has 0 heterocycles. The zero-order chi connectivity index (χ0) is 34.6. The smallest absolute Gasteiger partial charge is 0.404 e. The van der Waals surface area contributed by atoms with E-state index in [-0.39, 0.29) is 27.8 Å². The van der Waals surface area contributed by atoms with E-state index in [0.717, 1.165) is 22.9 Å². The van der Waals surface area contributed by atoms with E-state index < -0.39 is 41.2 Å². The maximum Gasteiger partial charge on any atom is 0.573 e. The van der Waals surface area contributed by atoms with E-state index >= 15 is 0 Å². The van der Waals surface area contributed by atoms with Gasteiger partial charge in [-0.05, 0) is 56.3 Å². The Kier molecular flexibility index (Phi) is 14.8. The molecule has 1 N–H and O–H groups in total. The molecule has 0 atom stereocenters. The van der Waals surface area contributed by atoms with Crippen LogP contribution in [-0.4, -0.2) is 86.3 Å². The molecule has 0 aromatic heterocycles. The summed E-state index contributed by atoms with van der Waals surface area (Å²) < 4.78 is 77.8. The van der Waals surface area contributed by atoms with Crippen LogP contribution in [0.15, 0.2) is 42.5 Å². The molecule has 0 aliphatic rings. The number of ketones is 2. The number of rotatable bonds is 6. The van der Waals surface area contributed by atoms with Crippen LogP contribution in [-0.2, 0) is 4.84 Å². The summed E-state index contributed by atoms with van der Waals surface area (Å²) >= 11 is 0. The van der Waals surface area contributed by atoms with Crippen molar-refractivity contribution >= 4 is 35.0 Å². The predicted octanol–water partition coefficient (Wildman–Crippen LogP) is 5.60. The fourth-order valence-electron chi connectivity index (χ4n) is 2.60. The number of Topliss-reactive ketones (excluding diaryl/α,β-unsaturated/α-hetero) is 2. The second-order valence-electron chi connectivity index (χ2n) is 8.69. The molecule has 0 saturated carbocycles. The van der Waals surface area contributed by atoms with Crippen LogP contribution in [0.25, 0.3) is 0 Å². The molecule has 0 radical (unpaired) electrons. The molecule has 0 fully saturated rings. The number of urea groups is 2. The lowest BCUT2D eigenvalue weighted by atomic mass is 10.1. The van der Waals surface area contributed by atoms with Crippen LogP contribution in [0.4, 0.5) is 47.3 Å². The Morgan fingerprint density at radius 2 is 1.25 bits per heavy atom. The average Bonchev–Trinajstić information content (AvgIpc) is 2.86. The van der Waals surface area contributed by atoms with Gasteiger partial charge in [-0.3, -0.25) is 19.7 Å². The zero-order valence-corrected chi connectivity index (χ0v) is 24.4. The third-order valence-electron chi connectivity index (χ3n) is 4.52. The van der Waals surface area contributed by atoms with E-state index in [1.165, 1.54) is 78.4 Å². The van der Waals surface area contributed by atoms with E-state index in [2.05, 4.69) is 14.9 Å². The van der Waals surface area contributed by atoms with E-state index in [0.29, 0.717) is 5.56 Å². The van der Waals surface area contributed by atoms with Gasteiger partial charge in [-0.1, -0.05) is 0 Å². The summed E-state index contributed by atoms with van der Waals surface area (Å²) in [5.41, 5.74) is 0.0576. The normalized spacial score (nSPS) is 10.6. The summed E-state index contributed by atoms with van der Waals surface area (Å²) in [6.45, 7) is 2.54. The number of amides is 4. The minimum atomic E-state index is -5.01. The van der Waals surface area contributed by atoms with Crippen LogP contribution in [0.1, 0.15) is 34.6 Å². The van der Waals surface area contributed by atoms with Crippen molar-refractivity contribution in [3.8, 4) is 5.75 Å². The Labute approximate surface area is 247 Å². The van der Waals surface area contributed by atoms with Gasteiger partial charge < -0.3 is 19.9 Å². The summed E-state index contributed by atoms with van der Waals surface area (Å²) in [6.07, 6.45) is -9.93. The highest BCUT2D eigenvalue weighted by atomic mass is 19.4. The largest absolute Gasteiger partial charge is 0.573 e. The maximum absolute atomic E-state index is 12.3. The van der Waals surface area contributed by atoms with Gasteiger partial charge >= 0.3 is 24.8 Å². The number of nitrogens with one attached hydrogen (secondary N) is 1. The molecule has 244 valence electrons. The predicted molar refractivity (Wildman–Crippen MR) is 144 cm³/mol. The maximum atomic E-state index is 12.3. The minimum absolute atomic E-state index is 0.0482. The minimum Gasteiger partial charge on any atom is -0.404 e. The molecule has 2 aromatic carbocycles. The molecule has 0 aliphatic heterocycles. The standard InChI is InChI=1S/2C12H13F3N2O3.CH3NO2/c1-8(18)9-4-6-10(7-5-9)17(11(19)16(2)3)20-12(13,14)15;1-7(18)8-4-5-9(16-11(19)17(2)3)10(6-8)20-12(13,14)15;1-2(3)4/h4-7H,1-3H3;4-6H,1-3H3,(H,16,19);1H3. The summed E-state index contributed by atoms with van der Waals surface area (Å²) in [7, 11) is 6.34. The molecule has 0 bridgehead atoms. The van der Waals surface area contributed by atoms with Gasteiger partial charge in [-0.15, -0.1) is 26.3 Å². The van der Waals surface area contributed by atoms with Gasteiger partial charge in [0.2, 0.25) is 0 Å². The van der Waals surface area contributed by atoms with E-state index in [1.54, 1.807) is 0 Å². The Balaban J connectivity index is 0.000000749. The molecule has 44 heavy (non-hydrogen) atoms. The van der Waals surface area contributed by atoms with Gasteiger partial charge in [0, 0.05) is 44.2 Å². The fourth-order valence-corrected chi connectivity index (χ4v) is 2.60. The third kappa shape index (κ3) is 15.3. The van der Waals surface area contributed by atoms with Gasteiger partial charge in [-0.25, -0.2) is 9.59 Å². The molecule has 2 rings (SSSR count). The fraction of sp³-hybridized carbons (Fsp3) is 0.360. The second kappa shape index (κ2) is 16.6. The third-order valence-corrected chi connectivity index (χ3v) is 4.52. The van der Waals surface area contributed by atoms with Gasteiger partial charge in [0.25, 0.3) is 0 Å². The first kappa shape index (κ1) is 39.1. The molecule has 19 heteroatoms. The van der Waals surface area contributed by atoms with Gasteiger partial charge in [0.1, 0.15) is 0 Å². The molecular formula is C25H29F6N5O8. The lowest BCUT2D eigenvalue weighted by Crippen LogP contribution is -2.42. The number of halogens is 6.